The molecule has 0 radical (unpaired) electrons. The normalized spacial score (nSPS) is 10.0. The van der Waals surface area contributed by atoms with Gasteiger partial charge in [-0.3, -0.25) is 10.1 Å². The second-order valence-electron chi connectivity index (χ2n) is 3.63. The van der Waals surface area contributed by atoms with Crippen molar-refractivity contribution in [1.82, 2.24) is 4.57 Å². The fourth-order valence-corrected chi connectivity index (χ4v) is 1.99. The number of hydrogen-bond acceptors (Lipinski definition) is 3. The van der Waals surface area contributed by atoms with Crippen molar-refractivity contribution in [3.05, 3.63) is 57.9 Å². The van der Waals surface area contributed by atoms with E-state index in [1.165, 1.54) is 16.8 Å². The summed E-state index contributed by atoms with van der Waals surface area (Å²) < 4.78 is 1.52. The maximum absolute atomic E-state index is 10.7. The number of hydrogen-bond donors (Lipinski definition) is 0. The van der Waals surface area contributed by atoms with Gasteiger partial charge in [-0.15, -0.1) is 0 Å². The summed E-state index contributed by atoms with van der Waals surface area (Å²) in [6.07, 6.45) is 1.35. The van der Waals surface area contributed by atoms with Crippen molar-refractivity contribution >= 4 is 21.6 Å². The number of alkyl halides is 1. The summed E-state index contributed by atoms with van der Waals surface area (Å²) in [5, 5.41) is 20.4. The number of aromatic nitrogens is 1. The van der Waals surface area contributed by atoms with Gasteiger partial charge in [-0.25, -0.2) is 0 Å². The molecule has 2 aromatic rings. The van der Waals surface area contributed by atoms with Crippen LogP contribution in [0.1, 0.15) is 11.3 Å². The second-order valence-corrected chi connectivity index (χ2v) is 4.19. The first-order valence-corrected chi connectivity index (χ1v) is 6.20. The van der Waals surface area contributed by atoms with Crippen molar-refractivity contribution in [1.29, 1.82) is 5.26 Å². The van der Waals surface area contributed by atoms with Crippen molar-refractivity contribution in [2.75, 3.05) is 0 Å². The van der Waals surface area contributed by atoms with E-state index in [4.69, 9.17) is 5.26 Å². The van der Waals surface area contributed by atoms with Crippen LogP contribution < -0.4 is 0 Å². The third kappa shape index (κ3) is 2.26. The van der Waals surface area contributed by atoms with Crippen LogP contribution in [0, 0.1) is 21.4 Å². The van der Waals surface area contributed by atoms with Crippen LogP contribution in [0.3, 0.4) is 0 Å². The van der Waals surface area contributed by atoms with Crippen LogP contribution in [-0.2, 0) is 5.33 Å². The number of nitro groups is 1. The fraction of sp³-hybridized carbons (Fsp3) is 0.0833. The number of nitriles is 1. The van der Waals surface area contributed by atoms with Gasteiger partial charge in [0, 0.05) is 11.0 Å². The Hall–Kier alpha value is -2.13. The van der Waals surface area contributed by atoms with Crippen molar-refractivity contribution in [3.63, 3.8) is 0 Å². The van der Waals surface area contributed by atoms with E-state index < -0.39 is 4.92 Å². The zero-order valence-electron chi connectivity index (χ0n) is 9.21. The zero-order valence-corrected chi connectivity index (χ0v) is 10.8. The van der Waals surface area contributed by atoms with Crippen molar-refractivity contribution in [2.45, 2.75) is 5.33 Å². The van der Waals surface area contributed by atoms with Gasteiger partial charge in [-0.2, -0.15) is 5.26 Å². The molecule has 0 aliphatic rings. The van der Waals surface area contributed by atoms with Crippen LogP contribution in [0.15, 0.2) is 36.5 Å². The number of rotatable bonds is 3. The minimum Gasteiger partial charge on any atom is -0.301 e. The molecule has 2 rings (SSSR count). The van der Waals surface area contributed by atoms with Crippen molar-refractivity contribution < 1.29 is 4.92 Å². The molecule has 90 valence electrons. The van der Waals surface area contributed by atoms with Gasteiger partial charge in [0.05, 0.1) is 17.2 Å². The molecule has 0 saturated carbocycles. The summed E-state index contributed by atoms with van der Waals surface area (Å²) in [6, 6.07) is 10.7. The van der Waals surface area contributed by atoms with Crippen molar-refractivity contribution in [3.8, 4) is 11.8 Å². The molecule has 0 fully saturated rings. The van der Waals surface area contributed by atoms with Gasteiger partial charge < -0.3 is 4.57 Å². The number of benzene rings is 1. The summed E-state index contributed by atoms with van der Waals surface area (Å²) in [4.78, 5) is 10.2. The lowest BCUT2D eigenvalue weighted by Gasteiger charge is -2.05. The Morgan fingerprint density at radius 2 is 2.22 bits per heavy atom. The molecule has 0 spiro atoms. The molecule has 0 saturated heterocycles. The molecule has 1 aromatic carbocycles. The monoisotopic (exact) mass is 305 g/mol. The minimum atomic E-state index is -0.508. The molecule has 0 aliphatic carbocycles. The Kier molecular flexibility index (Phi) is 3.44. The van der Waals surface area contributed by atoms with Crippen LogP contribution in [0.2, 0.25) is 0 Å². The van der Waals surface area contributed by atoms with Gasteiger partial charge >= 0.3 is 0 Å². The van der Waals surface area contributed by atoms with E-state index in [-0.39, 0.29) is 11.4 Å². The average Bonchev–Trinajstić information content (AvgIpc) is 2.83. The maximum Gasteiger partial charge on any atom is 0.288 e. The lowest BCUT2D eigenvalue weighted by Crippen LogP contribution is -1.95. The molecular formula is C12H8BrN3O2. The van der Waals surface area contributed by atoms with Gasteiger partial charge in [0.1, 0.15) is 11.8 Å². The minimum absolute atomic E-state index is 0.0872. The van der Waals surface area contributed by atoms with E-state index in [1.54, 1.807) is 6.07 Å². The SMILES string of the molecule is N#Cc1cc([N+](=O)[O-])cn1-c1cccc(CBr)c1. The first-order valence-electron chi connectivity index (χ1n) is 5.08. The Balaban J connectivity index is 2.56. The van der Waals surface area contributed by atoms with E-state index in [0.717, 1.165) is 11.3 Å². The van der Waals surface area contributed by atoms with Gasteiger partial charge in [-0.05, 0) is 17.7 Å². The molecule has 0 aliphatic heterocycles. The predicted molar refractivity (Wildman–Crippen MR) is 69.8 cm³/mol. The summed E-state index contributed by atoms with van der Waals surface area (Å²) in [5.74, 6) is 0. The summed E-state index contributed by atoms with van der Waals surface area (Å²) >= 11 is 3.35. The Labute approximate surface area is 112 Å². The standard InChI is InChI=1S/C12H8BrN3O2/c13-6-9-2-1-3-10(4-9)15-8-12(16(17)18)5-11(15)7-14/h1-5,8H,6H2. The second kappa shape index (κ2) is 5.02. The molecule has 1 heterocycles. The van der Waals surface area contributed by atoms with E-state index in [1.807, 2.05) is 24.3 Å². The fourth-order valence-electron chi connectivity index (χ4n) is 1.64. The molecule has 0 N–H and O–H groups in total. The van der Waals surface area contributed by atoms with Gasteiger partial charge in [0.25, 0.3) is 5.69 Å². The molecule has 1 aromatic heterocycles. The number of nitrogens with zero attached hydrogens (tertiary/aromatic N) is 3. The smallest absolute Gasteiger partial charge is 0.288 e. The summed E-state index contributed by atoms with van der Waals surface area (Å²) in [6.45, 7) is 0. The van der Waals surface area contributed by atoms with Gasteiger partial charge in [0.2, 0.25) is 0 Å². The highest BCUT2D eigenvalue weighted by atomic mass is 79.9. The first kappa shape index (κ1) is 12.3. The van der Waals surface area contributed by atoms with Crippen LogP contribution in [0.4, 0.5) is 5.69 Å². The average molecular weight is 306 g/mol. The van der Waals surface area contributed by atoms with Crippen LogP contribution in [0.5, 0.6) is 0 Å². The molecule has 6 heteroatoms. The van der Waals surface area contributed by atoms with Crippen LogP contribution in [0.25, 0.3) is 5.69 Å². The van der Waals surface area contributed by atoms with E-state index in [2.05, 4.69) is 15.9 Å². The molecule has 0 unspecified atom stereocenters. The van der Waals surface area contributed by atoms with Gasteiger partial charge in [-0.1, -0.05) is 28.1 Å². The highest BCUT2D eigenvalue weighted by Crippen LogP contribution is 2.21. The first-order chi connectivity index (χ1) is 8.65. The van der Waals surface area contributed by atoms with Crippen LogP contribution >= 0.6 is 15.9 Å². The Bertz CT molecular complexity index is 643. The third-order valence-corrected chi connectivity index (χ3v) is 3.12. The van der Waals surface area contributed by atoms with Crippen LogP contribution in [-0.4, -0.2) is 9.49 Å². The molecule has 0 amide bonds. The lowest BCUT2D eigenvalue weighted by molar-refractivity contribution is -0.384. The molecule has 0 atom stereocenters. The Morgan fingerprint density at radius 1 is 1.44 bits per heavy atom. The number of halogens is 1. The van der Waals surface area contributed by atoms with E-state index >= 15 is 0 Å². The largest absolute Gasteiger partial charge is 0.301 e. The highest BCUT2D eigenvalue weighted by Gasteiger charge is 2.14. The quantitative estimate of drug-likeness (QED) is 0.497. The Morgan fingerprint density at radius 3 is 2.83 bits per heavy atom. The van der Waals surface area contributed by atoms with Crippen molar-refractivity contribution in [2.24, 2.45) is 0 Å². The third-order valence-electron chi connectivity index (χ3n) is 2.47. The lowest BCUT2D eigenvalue weighted by atomic mass is 10.2. The molecule has 0 bridgehead atoms. The maximum atomic E-state index is 10.7. The summed E-state index contributed by atoms with van der Waals surface area (Å²) in [5.41, 5.74) is 1.92. The predicted octanol–water partition coefficient (Wildman–Crippen LogP) is 3.15. The van der Waals surface area contributed by atoms with Gasteiger partial charge in [0.15, 0.2) is 0 Å². The highest BCUT2D eigenvalue weighted by molar-refractivity contribution is 9.08. The van der Waals surface area contributed by atoms with E-state index in [0.29, 0.717) is 5.33 Å². The molecule has 5 nitrogen and oxygen atoms in total. The van der Waals surface area contributed by atoms with E-state index in [9.17, 15) is 10.1 Å². The topological polar surface area (TPSA) is 71.9 Å². The molecule has 18 heavy (non-hydrogen) atoms. The zero-order chi connectivity index (χ0) is 13.1. The molecular weight excluding hydrogens is 298 g/mol. The summed E-state index contributed by atoms with van der Waals surface area (Å²) in [7, 11) is 0.